The van der Waals surface area contributed by atoms with Gasteiger partial charge < -0.3 is 0 Å². The van der Waals surface area contributed by atoms with Crippen LogP contribution in [0.4, 0.5) is 23.2 Å². The molecule has 3 heterocycles. The van der Waals surface area contributed by atoms with Crippen molar-refractivity contribution in [3.8, 4) is 0 Å². The molecule has 3 atom stereocenters. The quantitative estimate of drug-likeness (QED) is 0.273. The van der Waals surface area contributed by atoms with E-state index in [1.165, 1.54) is 5.01 Å². The molecule has 0 aliphatic carbocycles. The SMILES string of the molecule is O=C1[C@@H]2N=NN(CC(=O)N3N=C(c4ccccc4)C[C@@H]3c3ccccc3)[C@H]2C(=O)N1c1c(F)c(F)cc(F)c1F. The molecule has 0 unspecified atom stereocenters. The van der Waals surface area contributed by atoms with Gasteiger partial charge >= 0.3 is 0 Å². The molecule has 40 heavy (non-hydrogen) atoms. The Labute approximate surface area is 224 Å². The molecule has 3 aliphatic rings. The fourth-order valence-corrected chi connectivity index (χ4v) is 5.02. The Kier molecular flexibility index (Phi) is 6.12. The van der Waals surface area contributed by atoms with E-state index in [0.717, 1.165) is 16.1 Å². The van der Waals surface area contributed by atoms with Crippen LogP contribution in [0.3, 0.4) is 0 Å². The zero-order chi connectivity index (χ0) is 28.1. The number of benzene rings is 3. The van der Waals surface area contributed by atoms with Gasteiger partial charge in [-0.2, -0.15) is 10.2 Å². The Morgan fingerprint density at radius 3 is 2.15 bits per heavy atom. The van der Waals surface area contributed by atoms with Gasteiger partial charge in [-0.1, -0.05) is 65.9 Å². The fourth-order valence-electron chi connectivity index (χ4n) is 5.02. The van der Waals surface area contributed by atoms with Gasteiger partial charge in [-0.05, 0) is 11.1 Å². The summed E-state index contributed by atoms with van der Waals surface area (Å²) in [7, 11) is 0. The van der Waals surface area contributed by atoms with Gasteiger partial charge in [0.2, 0.25) is 0 Å². The first-order valence-corrected chi connectivity index (χ1v) is 12.1. The Balaban J connectivity index is 1.28. The summed E-state index contributed by atoms with van der Waals surface area (Å²) in [6.07, 6.45) is 0.405. The van der Waals surface area contributed by atoms with Crippen molar-refractivity contribution in [3.63, 3.8) is 0 Å². The van der Waals surface area contributed by atoms with Gasteiger partial charge in [0.05, 0.1) is 11.8 Å². The van der Waals surface area contributed by atoms with Crippen LogP contribution in [0.15, 0.2) is 82.2 Å². The van der Waals surface area contributed by atoms with E-state index in [4.69, 9.17) is 0 Å². The zero-order valence-corrected chi connectivity index (χ0v) is 20.4. The Morgan fingerprint density at radius 1 is 0.875 bits per heavy atom. The van der Waals surface area contributed by atoms with E-state index in [9.17, 15) is 31.9 Å². The van der Waals surface area contributed by atoms with Crippen molar-refractivity contribution in [1.29, 1.82) is 0 Å². The van der Waals surface area contributed by atoms with Gasteiger partial charge in [-0.3, -0.25) is 19.4 Å². The highest BCUT2D eigenvalue weighted by Crippen LogP contribution is 2.37. The molecule has 3 aromatic rings. The molecule has 0 saturated carbocycles. The van der Waals surface area contributed by atoms with Gasteiger partial charge in [0, 0.05) is 12.5 Å². The largest absolute Gasteiger partial charge is 0.271 e. The van der Waals surface area contributed by atoms with Crippen molar-refractivity contribution < 1.29 is 31.9 Å². The lowest BCUT2D eigenvalue weighted by Crippen LogP contribution is -2.45. The lowest BCUT2D eigenvalue weighted by atomic mass is 9.98. The van der Waals surface area contributed by atoms with E-state index in [1.54, 1.807) is 0 Å². The van der Waals surface area contributed by atoms with E-state index < -0.39 is 71.3 Å². The summed E-state index contributed by atoms with van der Waals surface area (Å²) in [6, 6.07) is 14.8. The molecular weight excluding hydrogens is 532 g/mol. The third-order valence-electron chi connectivity index (χ3n) is 6.92. The first-order valence-electron chi connectivity index (χ1n) is 12.1. The minimum absolute atomic E-state index is 0.0100. The minimum Gasteiger partial charge on any atom is -0.271 e. The molecule has 0 N–H and O–H groups in total. The fraction of sp³-hybridized carbons (Fsp3) is 0.185. The predicted molar refractivity (Wildman–Crippen MR) is 132 cm³/mol. The maximum atomic E-state index is 14.4. The molecular formula is C27H18F4N6O3. The maximum absolute atomic E-state index is 14.4. The van der Waals surface area contributed by atoms with Gasteiger partial charge in [0.1, 0.15) is 12.2 Å². The normalized spacial score (nSPS) is 21.9. The molecule has 3 aliphatic heterocycles. The molecule has 0 bridgehead atoms. The monoisotopic (exact) mass is 550 g/mol. The second kappa shape index (κ2) is 9.67. The summed E-state index contributed by atoms with van der Waals surface area (Å²) in [6.45, 7) is -0.561. The van der Waals surface area contributed by atoms with E-state index in [0.29, 0.717) is 12.1 Å². The summed E-state index contributed by atoms with van der Waals surface area (Å²) in [5.41, 5.74) is 0.798. The average Bonchev–Trinajstić information content (AvgIpc) is 3.65. The second-order valence-electron chi connectivity index (χ2n) is 9.30. The number of rotatable bonds is 5. The van der Waals surface area contributed by atoms with Gasteiger partial charge in [0.15, 0.2) is 35.4 Å². The molecule has 0 radical (unpaired) electrons. The maximum Gasteiger partial charge on any atom is 0.264 e. The van der Waals surface area contributed by atoms with Crippen LogP contribution in [0.25, 0.3) is 0 Å². The van der Waals surface area contributed by atoms with Crippen molar-refractivity contribution in [1.82, 2.24) is 10.0 Å². The van der Waals surface area contributed by atoms with Crippen molar-refractivity contribution >= 4 is 29.1 Å². The van der Waals surface area contributed by atoms with Crippen LogP contribution in [-0.2, 0) is 14.4 Å². The second-order valence-corrected chi connectivity index (χ2v) is 9.30. The lowest BCUT2D eigenvalue weighted by molar-refractivity contribution is -0.135. The molecule has 1 fully saturated rings. The molecule has 3 amide bonds. The van der Waals surface area contributed by atoms with Crippen LogP contribution in [0.2, 0.25) is 0 Å². The summed E-state index contributed by atoms with van der Waals surface area (Å²) < 4.78 is 56.5. The number of halogens is 4. The highest BCUT2D eigenvalue weighted by atomic mass is 19.2. The highest BCUT2D eigenvalue weighted by Gasteiger charge is 2.57. The predicted octanol–water partition coefficient (Wildman–Crippen LogP) is 3.91. The number of anilines is 1. The molecule has 202 valence electrons. The van der Waals surface area contributed by atoms with Crippen LogP contribution in [-0.4, -0.2) is 52.1 Å². The summed E-state index contributed by atoms with van der Waals surface area (Å²) in [5.74, 6) is -10.4. The first kappa shape index (κ1) is 25.3. The standard InChI is InChI=1S/C27H18F4N6O3/c28-16-11-17(29)22(31)24(21(16)30)36-26(39)23-25(27(36)40)35(34-32-23)13-20(38)37-19(15-9-5-2-6-10-15)12-18(33-37)14-7-3-1-4-8-14/h1-11,19,23,25H,12-13H2/t19-,23-,25-/m1/s1. The lowest BCUT2D eigenvalue weighted by Gasteiger charge is -2.25. The van der Waals surface area contributed by atoms with Gasteiger partial charge in [-0.25, -0.2) is 27.5 Å². The molecule has 3 aromatic carbocycles. The molecule has 9 nitrogen and oxygen atoms in total. The zero-order valence-electron chi connectivity index (χ0n) is 20.4. The van der Waals surface area contributed by atoms with Crippen LogP contribution in [0, 0.1) is 23.3 Å². The highest BCUT2D eigenvalue weighted by molar-refractivity contribution is 6.25. The van der Waals surface area contributed by atoms with E-state index in [-0.39, 0.29) is 11.0 Å². The van der Waals surface area contributed by atoms with Gasteiger partial charge in [-0.15, -0.1) is 0 Å². The number of imide groups is 1. The number of carbonyl (C=O) groups is 3. The van der Waals surface area contributed by atoms with E-state index in [1.807, 2.05) is 60.7 Å². The van der Waals surface area contributed by atoms with Crippen LogP contribution < -0.4 is 4.90 Å². The van der Waals surface area contributed by atoms with Crippen LogP contribution in [0.5, 0.6) is 0 Å². The topological polar surface area (TPSA) is 98.0 Å². The molecule has 1 saturated heterocycles. The minimum atomic E-state index is -1.91. The molecule has 0 aromatic heterocycles. The smallest absolute Gasteiger partial charge is 0.264 e. The third kappa shape index (κ3) is 4.01. The average molecular weight is 550 g/mol. The van der Waals surface area contributed by atoms with Crippen molar-refractivity contribution in [2.45, 2.75) is 24.5 Å². The van der Waals surface area contributed by atoms with Crippen LogP contribution >= 0.6 is 0 Å². The van der Waals surface area contributed by atoms with Crippen molar-refractivity contribution in [3.05, 3.63) is 101 Å². The Hall–Kier alpha value is -4.94. The number of hydrazone groups is 1. The number of carbonyl (C=O) groups excluding carboxylic acids is 3. The summed E-state index contributed by atoms with van der Waals surface area (Å²) in [5, 5.41) is 14.2. The summed E-state index contributed by atoms with van der Waals surface area (Å²) >= 11 is 0. The third-order valence-corrected chi connectivity index (χ3v) is 6.92. The van der Waals surface area contributed by atoms with Gasteiger partial charge in [0.25, 0.3) is 17.7 Å². The van der Waals surface area contributed by atoms with E-state index >= 15 is 0 Å². The Morgan fingerprint density at radius 2 is 1.50 bits per heavy atom. The molecule has 13 heteroatoms. The number of amides is 3. The number of hydrogen-bond acceptors (Lipinski definition) is 7. The Bertz CT molecular complexity index is 1570. The number of hydrogen-bond donors (Lipinski definition) is 0. The molecule has 0 spiro atoms. The van der Waals surface area contributed by atoms with Crippen LogP contribution in [0.1, 0.15) is 23.6 Å². The van der Waals surface area contributed by atoms with Crippen molar-refractivity contribution in [2.24, 2.45) is 15.4 Å². The molecule has 6 rings (SSSR count). The number of nitrogens with zero attached hydrogens (tertiary/aromatic N) is 6. The number of fused-ring (bicyclic) bond motifs is 1. The van der Waals surface area contributed by atoms with Crippen molar-refractivity contribution in [2.75, 3.05) is 11.4 Å². The summed E-state index contributed by atoms with van der Waals surface area (Å²) in [4.78, 5) is 39.6. The van der Waals surface area contributed by atoms with E-state index in [2.05, 4.69) is 15.4 Å². The first-order chi connectivity index (χ1) is 19.3.